The van der Waals surface area contributed by atoms with E-state index >= 15 is 0 Å². The van der Waals surface area contributed by atoms with Crippen LogP contribution in [0.3, 0.4) is 0 Å². The maximum absolute atomic E-state index is 13.2. The third-order valence-corrected chi connectivity index (χ3v) is 7.76. The van der Waals surface area contributed by atoms with Crippen LogP contribution in [0.4, 0.5) is 21.0 Å². The largest absolute Gasteiger partial charge is 0.445 e. The number of benzene rings is 2. The van der Waals surface area contributed by atoms with Gasteiger partial charge in [0, 0.05) is 69.2 Å². The average Bonchev–Trinajstić information content (AvgIpc) is 3.37. The molecule has 0 aromatic heterocycles. The second-order valence-electron chi connectivity index (χ2n) is 9.80. The number of ether oxygens (including phenoxy) is 2. The van der Waals surface area contributed by atoms with E-state index in [1.54, 1.807) is 0 Å². The Labute approximate surface area is 245 Å². The van der Waals surface area contributed by atoms with E-state index in [0.29, 0.717) is 17.5 Å². The van der Waals surface area contributed by atoms with Gasteiger partial charge in [-0.15, -0.1) is 0 Å². The van der Waals surface area contributed by atoms with E-state index in [1.165, 1.54) is 72.3 Å². The van der Waals surface area contributed by atoms with Gasteiger partial charge in [-0.25, -0.2) is 9.59 Å². The van der Waals surface area contributed by atoms with E-state index in [9.17, 15) is 39.7 Å². The highest BCUT2D eigenvalue weighted by Gasteiger charge is 2.41. The number of rotatable bonds is 12. The maximum atomic E-state index is 13.2. The van der Waals surface area contributed by atoms with Gasteiger partial charge < -0.3 is 24.4 Å². The third-order valence-electron chi connectivity index (χ3n) is 6.76. The molecule has 42 heavy (non-hydrogen) atoms. The van der Waals surface area contributed by atoms with E-state index in [1.807, 2.05) is 0 Å². The molecule has 2 amide bonds. The number of nitro groups is 2. The molecule has 1 unspecified atom stereocenters. The van der Waals surface area contributed by atoms with Crippen LogP contribution in [0.2, 0.25) is 0 Å². The molecule has 1 aliphatic rings. The Morgan fingerprint density at radius 3 is 2.00 bits per heavy atom. The van der Waals surface area contributed by atoms with Gasteiger partial charge in [0.05, 0.1) is 9.85 Å². The molecule has 2 aromatic rings. The van der Waals surface area contributed by atoms with Crippen molar-refractivity contribution in [3.8, 4) is 0 Å². The van der Waals surface area contributed by atoms with Gasteiger partial charge in [-0.3, -0.25) is 25.0 Å². The molecule has 14 nitrogen and oxygen atoms in total. The van der Waals surface area contributed by atoms with Crippen molar-refractivity contribution in [1.29, 1.82) is 0 Å². The first-order valence-electron chi connectivity index (χ1n) is 13.0. The Balaban J connectivity index is 1.66. The number of thioether (sulfide) groups is 1. The molecule has 2 aromatic carbocycles. The van der Waals surface area contributed by atoms with Crippen LogP contribution in [0.25, 0.3) is 0 Å². The number of nitro benzene ring substituents is 2. The predicted octanol–water partition coefficient (Wildman–Crippen LogP) is 4.13. The Morgan fingerprint density at radius 2 is 1.52 bits per heavy atom. The standard InChI is InChI=1S/C27H32N4O10S/c1-18(33)42-24-13-25(29(15-24)27(35)41-17-20-5-9-23(10-6-20)31(38)39)21(11-12-32)14-28(2)26(34)40-16-19-3-7-22(8-4-19)30(36)37/h3-10,21,24-25,32H,11-17H2,1-2H3/t21?,24-,25-/m0/s1. The molecule has 1 heterocycles. The smallest absolute Gasteiger partial charge is 0.410 e. The number of hydrogen-bond acceptors (Lipinski definition) is 11. The van der Waals surface area contributed by atoms with Crippen molar-refractivity contribution in [3.63, 3.8) is 0 Å². The molecule has 226 valence electrons. The molecule has 3 atom stereocenters. The summed E-state index contributed by atoms with van der Waals surface area (Å²) in [7, 11) is 1.52. The minimum absolute atomic E-state index is 0.0809. The summed E-state index contributed by atoms with van der Waals surface area (Å²) in [5.74, 6) is -0.378. The molecule has 15 heteroatoms. The lowest BCUT2D eigenvalue weighted by atomic mass is 9.94. The highest BCUT2D eigenvalue weighted by molar-refractivity contribution is 8.14. The van der Waals surface area contributed by atoms with Gasteiger partial charge in [-0.2, -0.15) is 0 Å². The lowest BCUT2D eigenvalue weighted by molar-refractivity contribution is -0.385. The van der Waals surface area contributed by atoms with Gasteiger partial charge >= 0.3 is 12.2 Å². The predicted molar refractivity (Wildman–Crippen MR) is 152 cm³/mol. The van der Waals surface area contributed by atoms with Crippen molar-refractivity contribution in [2.75, 3.05) is 26.7 Å². The van der Waals surface area contributed by atoms with Crippen molar-refractivity contribution >= 4 is 40.4 Å². The number of aliphatic hydroxyl groups excluding tert-OH is 1. The lowest BCUT2D eigenvalue weighted by Crippen LogP contribution is -2.45. The molecule has 0 radical (unpaired) electrons. The highest BCUT2D eigenvalue weighted by Crippen LogP contribution is 2.34. The fourth-order valence-corrected chi connectivity index (χ4v) is 5.71. The first-order chi connectivity index (χ1) is 20.0. The van der Waals surface area contributed by atoms with Crippen LogP contribution in [-0.4, -0.2) is 80.1 Å². The number of aliphatic hydroxyl groups is 1. The van der Waals surface area contributed by atoms with E-state index in [2.05, 4.69) is 0 Å². The minimum atomic E-state index is -0.656. The summed E-state index contributed by atoms with van der Waals surface area (Å²) in [6, 6.07) is 10.8. The summed E-state index contributed by atoms with van der Waals surface area (Å²) in [6.45, 7) is 1.37. The molecule has 1 fully saturated rings. The molecular weight excluding hydrogens is 572 g/mol. The van der Waals surface area contributed by atoms with Crippen LogP contribution >= 0.6 is 11.8 Å². The van der Waals surface area contributed by atoms with Crippen LogP contribution in [0, 0.1) is 26.1 Å². The molecule has 0 saturated carbocycles. The summed E-state index contributed by atoms with van der Waals surface area (Å²) in [5.41, 5.74) is 0.955. The molecular formula is C27H32N4O10S. The molecule has 1 aliphatic heterocycles. The normalized spacial score (nSPS) is 16.9. The summed E-state index contributed by atoms with van der Waals surface area (Å²) >= 11 is 1.11. The number of carbonyl (C=O) groups is 3. The van der Waals surface area contributed by atoms with Crippen molar-refractivity contribution < 1.29 is 38.8 Å². The number of nitrogens with zero attached hydrogens (tertiary/aromatic N) is 4. The van der Waals surface area contributed by atoms with Crippen molar-refractivity contribution in [2.45, 2.75) is 44.3 Å². The zero-order valence-corrected chi connectivity index (χ0v) is 23.9. The molecule has 3 rings (SSSR count). The van der Waals surface area contributed by atoms with Gasteiger partial charge in [0.2, 0.25) is 0 Å². The van der Waals surface area contributed by atoms with E-state index in [0.717, 1.165) is 11.8 Å². The zero-order chi connectivity index (χ0) is 30.8. The maximum Gasteiger partial charge on any atom is 0.410 e. The Hall–Kier alpha value is -4.24. The first kappa shape index (κ1) is 32.3. The van der Waals surface area contributed by atoms with Gasteiger partial charge in [-0.1, -0.05) is 11.8 Å². The molecule has 1 saturated heterocycles. The van der Waals surface area contributed by atoms with Crippen LogP contribution < -0.4 is 0 Å². The van der Waals surface area contributed by atoms with Gasteiger partial charge in [0.15, 0.2) is 5.12 Å². The topological polar surface area (TPSA) is 183 Å². The van der Waals surface area contributed by atoms with E-state index < -0.39 is 28.1 Å². The lowest BCUT2D eigenvalue weighted by Gasteiger charge is -2.33. The van der Waals surface area contributed by atoms with Crippen molar-refractivity contribution in [1.82, 2.24) is 9.80 Å². The van der Waals surface area contributed by atoms with Crippen LogP contribution in [0.15, 0.2) is 48.5 Å². The number of hydrogen-bond donors (Lipinski definition) is 1. The fourth-order valence-electron chi connectivity index (χ4n) is 4.71. The summed E-state index contributed by atoms with van der Waals surface area (Å²) < 4.78 is 10.8. The molecule has 0 spiro atoms. The first-order valence-corrected chi connectivity index (χ1v) is 13.9. The minimum Gasteiger partial charge on any atom is -0.445 e. The number of carbonyl (C=O) groups excluding carboxylic acids is 3. The quantitative estimate of drug-likeness (QED) is 0.271. The Bertz CT molecular complexity index is 1270. The Morgan fingerprint density at radius 1 is 1.00 bits per heavy atom. The summed E-state index contributed by atoms with van der Waals surface area (Å²) in [5, 5.41) is 31.2. The Kier molecular flexibility index (Phi) is 11.6. The second-order valence-corrected chi connectivity index (χ2v) is 11.3. The third kappa shape index (κ3) is 9.14. The van der Waals surface area contributed by atoms with E-state index in [-0.39, 0.29) is 67.0 Å². The van der Waals surface area contributed by atoms with E-state index in [4.69, 9.17) is 9.47 Å². The van der Waals surface area contributed by atoms with Crippen LogP contribution in [0.1, 0.15) is 30.9 Å². The fraction of sp³-hybridized carbons (Fsp3) is 0.444. The monoisotopic (exact) mass is 604 g/mol. The summed E-state index contributed by atoms with van der Waals surface area (Å²) in [6.07, 6.45) is -0.603. The van der Waals surface area contributed by atoms with Crippen LogP contribution in [-0.2, 0) is 27.5 Å². The highest BCUT2D eigenvalue weighted by atomic mass is 32.2. The zero-order valence-electron chi connectivity index (χ0n) is 23.1. The number of amides is 2. The van der Waals surface area contributed by atoms with Gasteiger partial charge in [-0.05, 0) is 54.2 Å². The SMILES string of the molecule is CC(=O)S[C@H]1C[C@@H](C(CCO)CN(C)C(=O)OCc2ccc([N+](=O)[O-])cc2)N(C(=O)OCc2ccc([N+](=O)[O-])cc2)C1. The van der Waals surface area contributed by atoms with Crippen molar-refractivity contribution in [2.24, 2.45) is 5.92 Å². The van der Waals surface area contributed by atoms with Gasteiger partial charge in [0.1, 0.15) is 13.2 Å². The van der Waals surface area contributed by atoms with Gasteiger partial charge in [0.25, 0.3) is 11.4 Å². The van der Waals surface area contributed by atoms with Crippen LogP contribution in [0.5, 0.6) is 0 Å². The number of likely N-dealkylation sites (tertiary alicyclic amines) is 1. The second kappa shape index (κ2) is 15.1. The molecule has 0 aliphatic carbocycles. The van der Waals surface area contributed by atoms with Crippen molar-refractivity contribution in [3.05, 3.63) is 79.9 Å². The number of non-ortho nitro benzene ring substituents is 2. The summed E-state index contributed by atoms with van der Waals surface area (Å²) in [4.78, 5) is 61.2. The molecule has 1 N–H and O–H groups in total. The molecule has 0 bridgehead atoms. The average molecular weight is 605 g/mol.